The maximum Gasteiger partial charge on any atom is 0.356 e. The van der Waals surface area contributed by atoms with Gasteiger partial charge in [0.05, 0.1) is 5.69 Å². The van der Waals surface area contributed by atoms with Gasteiger partial charge in [-0.15, -0.1) is 0 Å². The van der Waals surface area contributed by atoms with Crippen LogP contribution in [0.4, 0.5) is 0 Å². The molecule has 1 aromatic heterocycles. The number of hydrogen-bond acceptors (Lipinski definition) is 4. The van der Waals surface area contributed by atoms with Gasteiger partial charge in [0.15, 0.2) is 5.69 Å². The van der Waals surface area contributed by atoms with E-state index in [0.717, 1.165) is 56.8 Å². The number of carboxylic acid groups (broad SMARTS) is 1. The maximum atomic E-state index is 11.4. The SMILES string of the molecule is CN1CCC(c2nc(C(=O)O)c3n2CCCC3N)CC1. The summed E-state index contributed by atoms with van der Waals surface area (Å²) in [5, 5.41) is 9.37. The molecule has 3 heterocycles. The molecule has 0 aliphatic carbocycles. The van der Waals surface area contributed by atoms with Gasteiger partial charge in [-0.25, -0.2) is 9.78 Å². The van der Waals surface area contributed by atoms with Crippen molar-refractivity contribution >= 4 is 5.97 Å². The van der Waals surface area contributed by atoms with Crippen molar-refractivity contribution in [3.05, 3.63) is 17.2 Å². The molecule has 0 aromatic carbocycles. The van der Waals surface area contributed by atoms with Gasteiger partial charge in [-0.1, -0.05) is 0 Å². The minimum atomic E-state index is -0.953. The van der Waals surface area contributed by atoms with Crippen LogP contribution in [0.25, 0.3) is 0 Å². The van der Waals surface area contributed by atoms with Gasteiger partial charge in [-0.3, -0.25) is 0 Å². The van der Waals surface area contributed by atoms with Crippen LogP contribution in [-0.4, -0.2) is 45.7 Å². The zero-order chi connectivity index (χ0) is 14.3. The van der Waals surface area contributed by atoms with E-state index >= 15 is 0 Å². The van der Waals surface area contributed by atoms with Crippen molar-refractivity contribution in [3.8, 4) is 0 Å². The summed E-state index contributed by atoms with van der Waals surface area (Å²) < 4.78 is 2.09. The topological polar surface area (TPSA) is 84.4 Å². The van der Waals surface area contributed by atoms with Gasteiger partial charge < -0.3 is 20.3 Å². The maximum absolute atomic E-state index is 11.4. The monoisotopic (exact) mass is 278 g/mol. The summed E-state index contributed by atoms with van der Waals surface area (Å²) in [5.41, 5.74) is 7.02. The van der Waals surface area contributed by atoms with Gasteiger partial charge in [0.2, 0.25) is 0 Å². The van der Waals surface area contributed by atoms with Crippen LogP contribution in [0.3, 0.4) is 0 Å². The van der Waals surface area contributed by atoms with Gasteiger partial charge >= 0.3 is 5.97 Å². The molecule has 2 aliphatic heterocycles. The Bertz CT molecular complexity index is 517. The predicted molar refractivity (Wildman–Crippen MR) is 74.8 cm³/mol. The van der Waals surface area contributed by atoms with Crippen LogP contribution in [0.15, 0.2) is 0 Å². The molecular weight excluding hydrogens is 256 g/mol. The highest BCUT2D eigenvalue weighted by Gasteiger charge is 2.32. The second-order valence-electron chi connectivity index (χ2n) is 5.99. The third-order valence-corrected chi connectivity index (χ3v) is 4.57. The van der Waals surface area contributed by atoms with Crippen LogP contribution >= 0.6 is 0 Å². The van der Waals surface area contributed by atoms with Crippen LogP contribution in [-0.2, 0) is 6.54 Å². The zero-order valence-corrected chi connectivity index (χ0v) is 11.9. The van der Waals surface area contributed by atoms with E-state index in [2.05, 4.69) is 21.5 Å². The highest BCUT2D eigenvalue weighted by Crippen LogP contribution is 2.34. The number of hydrogen-bond donors (Lipinski definition) is 2. The first-order valence-corrected chi connectivity index (χ1v) is 7.35. The van der Waals surface area contributed by atoms with Crippen molar-refractivity contribution in [3.63, 3.8) is 0 Å². The van der Waals surface area contributed by atoms with E-state index in [1.165, 1.54) is 0 Å². The quantitative estimate of drug-likeness (QED) is 0.848. The van der Waals surface area contributed by atoms with Gasteiger partial charge in [0, 0.05) is 18.5 Å². The highest BCUT2D eigenvalue weighted by molar-refractivity contribution is 5.87. The molecule has 2 aliphatic rings. The molecule has 3 N–H and O–H groups in total. The minimum Gasteiger partial charge on any atom is -0.476 e. The summed E-state index contributed by atoms with van der Waals surface area (Å²) in [7, 11) is 2.12. The first-order chi connectivity index (χ1) is 9.58. The Morgan fingerprint density at radius 1 is 1.30 bits per heavy atom. The number of likely N-dealkylation sites (tertiary alicyclic amines) is 1. The summed E-state index contributed by atoms with van der Waals surface area (Å²) >= 11 is 0. The second kappa shape index (κ2) is 5.18. The lowest BCUT2D eigenvalue weighted by atomic mass is 9.95. The lowest BCUT2D eigenvalue weighted by molar-refractivity contribution is 0.0688. The number of fused-ring (bicyclic) bond motifs is 1. The molecule has 1 saturated heterocycles. The largest absolute Gasteiger partial charge is 0.476 e. The standard InChI is InChI=1S/C14H22N4O2/c1-17-7-4-9(5-8-17)13-16-11(14(19)20)12-10(15)3-2-6-18(12)13/h9-10H,2-8,15H2,1H3,(H,19,20). The van der Waals surface area contributed by atoms with E-state index in [4.69, 9.17) is 5.73 Å². The van der Waals surface area contributed by atoms with Gasteiger partial charge in [0.1, 0.15) is 5.82 Å². The Balaban J connectivity index is 1.99. The summed E-state index contributed by atoms with van der Waals surface area (Å²) in [6.07, 6.45) is 3.94. The lowest BCUT2D eigenvalue weighted by Gasteiger charge is -2.30. The fourth-order valence-corrected chi connectivity index (χ4v) is 3.44. The predicted octanol–water partition coefficient (Wildman–Crippen LogP) is 1.18. The number of nitrogens with zero attached hydrogens (tertiary/aromatic N) is 3. The molecule has 0 bridgehead atoms. The van der Waals surface area contributed by atoms with Crippen LogP contribution < -0.4 is 5.73 Å². The molecule has 20 heavy (non-hydrogen) atoms. The Kier molecular flexibility index (Phi) is 3.52. The fraction of sp³-hybridized carbons (Fsp3) is 0.714. The number of imidazole rings is 1. The third kappa shape index (κ3) is 2.23. The molecule has 110 valence electrons. The number of aromatic nitrogens is 2. The highest BCUT2D eigenvalue weighted by atomic mass is 16.4. The Morgan fingerprint density at radius 3 is 2.65 bits per heavy atom. The van der Waals surface area contributed by atoms with Crippen LogP contribution in [0.1, 0.15) is 59.6 Å². The number of carboxylic acids is 1. The Morgan fingerprint density at radius 2 is 2.00 bits per heavy atom. The van der Waals surface area contributed by atoms with E-state index in [-0.39, 0.29) is 11.7 Å². The summed E-state index contributed by atoms with van der Waals surface area (Å²) in [5.74, 6) is 0.356. The summed E-state index contributed by atoms with van der Waals surface area (Å²) in [4.78, 5) is 18.2. The Labute approximate surface area is 118 Å². The number of rotatable bonds is 2. The molecule has 0 amide bonds. The van der Waals surface area contributed by atoms with E-state index in [0.29, 0.717) is 5.92 Å². The van der Waals surface area contributed by atoms with E-state index < -0.39 is 5.97 Å². The number of carbonyl (C=O) groups is 1. The van der Waals surface area contributed by atoms with Crippen LogP contribution in [0.2, 0.25) is 0 Å². The first kappa shape index (κ1) is 13.6. The molecule has 1 atom stereocenters. The summed E-state index contributed by atoms with van der Waals surface area (Å²) in [6.45, 7) is 2.94. The van der Waals surface area contributed by atoms with Crippen molar-refractivity contribution < 1.29 is 9.90 Å². The van der Waals surface area contributed by atoms with E-state index in [1.807, 2.05) is 0 Å². The normalized spacial score (nSPS) is 24.6. The molecule has 1 aromatic rings. The fourth-order valence-electron chi connectivity index (χ4n) is 3.44. The van der Waals surface area contributed by atoms with E-state index in [9.17, 15) is 9.90 Å². The molecule has 3 rings (SSSR count). The number of piperidine rings is 1. The van der Waals surface area contributed by atoms with Crippen molar-refractivity contribution in [2.24, 2.45) is 5.73 Å². The minimum absolute atomic E-state index is 0.172. The molecule has 1 unspecified atom stereocenters. The second-order valence-corrected chi connectivity index (χ2v) is 5.99. The number of nitrogens with two attached hydrogens (primary N) is 1. The lowest BCUT2D eigenvalue weighted by Crippen LogP contribution is -2.31. The van der Waals surface area contributed by atoms with Crippen LogP contribution in [0, 0.1) is 0 Å². The van der Waals surface area contributed by atoms with Gasteiger partial charge in [-0.05, 0) is 45.8 Å². The molecular formula is C14H22N4O2. The van der Waals surface area contributed by atoms with Gasteiger partial charge in [-0.2, -0.15) is 0 Å². The smallest absolute Gasteiger partial charge is 0.356 e. The molecule has 6 heteroatoms. The molecule has 6 nitrogen and oxygen atoms in total. The van der Waals surface area contributed by atoms with Gasteiger partial charge in [0.25, 0.3) is 0 Å². The molecule has 1 fully saturated rings. The third-order valence-electron chi connectivity index (χ3n) is 4.57. The first-order valence-electron chi connectivity index (χ1n) is 7.35. The Hall–Kier alpha value is -1.40. The molecule has 0 spiro atoms. The zero-order valence-electron chi connectivity index (χ0n) is 11.9. The van der Waals surface area contributed by atoms with E-state index in [1.54, 1.807) is 0 Å². The van der Waals surface area contributed by atoms with Crippen molar-refractivity contribution in [1.29, 1.82) is 0 Å². The average molecular weight is 278 g/mol. The average Bonchev–Trinajstić information content (AvgIpc) is 2.81. The van der Waals surface area contributed by atoms with Crippen molar-refractivity contribution in [1.82, 2.24) is 14.5 Å². The van der Waals surface area contributed by atoms with Crippen molar-refractivity contribution in [2.75, 3.05) is 20.1 Å². The van der Waals surface area contributed by atoms with Crippen molar-refractivity contribution in [2.45, 2.75) is 44.2 Å². The molecule has 0 saturated carbocycles. The molecule has 0 radical (unpaired) electrons. The number of aromatic carboxylic acids is 1. The van der Waals surface area contributed by atoms with Crippen LogP contribution in [0.5, 0.6) is 0 Å². The summed E-state index contributed by atoms with van der Waals surface area (Å²) in [6, 6.07) is -0.192.